The van der Waals surface area contributed by atoms with E-state index in [4.69, 9.17) is 10.5 Å². The number of carbonyl (C=O) groups is 4. The summed E-state index contributed by atoms with van der Waals surface area (Å²) in [6.45, 7) is -0.144. The van der Waals surface area contributed by atoms with Crippen LogP contribution in [0.2, 0.25) is 0 Å². The second kappa shape index (κ2) is 20.3. The number of ketones is 1. The Bertz CT molecular complexity index is 2130. The molecule has 1 fully saturated rings. The van der Waals surface area contributed by atoms with Crippen molar-refractivity contribution >= 4 is 74.9 Å². The minimum Gasteiger partial charge on any atom is -0.790 e. The van der Waals surface area contributed by atoms with E-state index in [1.807, 2.05) is 0 Å². The minimum absolute atomic E-state index is 0.0294. The lowest BCUT2D eigenvalue weighted by atomic mass is 9.87. The van der Waals surface area contributed by atoms with Gasteiger partial charge in [0.1, 0.15) is 36.3 Å². The number of aliphatic hydroxyl groups is 2. The predicted octanol–water partition coefficient (Wildman–Crippen LogP) is -2.59. The number of nitrogens with one attached hydrogen (secondary N) is 2. The monoisotopic (exact) mass is 909 g/mol. The van der Waals surface area contributed by atoms with Crippen LogP contribution in [0.5, 0.6) is 0 Å². The van der Waals surface area contributed by atoms with Crippen molar-refractivity contribution in [1.29, 1.82) is 0 Å². The maximum Gasteiger partial charge on any atom is 0.274 e. The summed E-state index contributed by atoms with van der Waals surface area (Å²) in [7, 11) is -17.6. The Balaban J connectivity index is 1.20. The zero-order valence-electron chi connectivity index (χ0n) is 30.9. The number of phosphoric acid groups is 3. The van der Waals surface area contributed by atoms with Crippen LogP contribution in [0.1, 0.15) is 43.3 Å². The largest absolute Gasteiger partial charge is 0.790 e. The van der Waals surface area contributed by atoms with Gasteiger partial charge in [0.05, 0.1) is 33.8 Å². The van der Waals surface area contributed by atoms with Gasteiger partial charge in [-0.2, -0.15) is 0 Å². The first-order valence-corrected chi connectivity index (χ1v) is 22.4. The lowest BCUT2D eigenvalue weighted by Crippen LogP contribution is -2.46. The van der Waals surface area contributed by atoms with Gasteiger partial charge in [0.25, 0.3) is 15.6 Å². The van der Waals surface area contributed by atoms with Crippen molar-refractivity contribution in [3.63, 3.8) is 0 Å². The molecule has 4 rings (SSSR count). The van der Waals surface area contributed by atoms with Crippen molar-refractivity contribution in [3.05, 3.63) is 48.5 Å². The van der Waals surface area contributed by atoms with Gasteiger partial charge < -0.3 is 69.0 Å². The standard InChI is InChI=1S/C30H42N7O18P3S/c1-30(2,25(42)28(43)33-9-8-20(39)32-10-11-59-21(40)12-18(38)17-6-4-3-5-7-17)14-52-58(49,50)55-57(47,48)51-13-19-24(54-56(44,45)46)23(41)29(53-19)37-16-36-22-26(31)34-15-35-27(22)37/h3-7,15-16,19,23-25,29,41-42H,8-14H2,1-2H3,(H,32,39)(H,33,43)(H,47,48)(H,49,50)(H2,31,34,35)(H2,44,45,46)/p-4/t19-,23-,24-,25+,29-/m1/s1. The molecule has 0 spiro atoms. The van der Waals surface area contributed by atoms with Crippen molar-refractivity contribution in [2.45, 2.75) is 57.3 Å². The number of aromatic nitrogens is 4. The van der Waals surface area contributed by atoms with Crippen LogP contribution < -0.4 is 35.9 Å². The number of nitrogens with two attached hydrogens (primary N) is 1. The van der Waals surface area contributed by atoms with Crippen LogP contribution >= 0.6 is 35.2 Å². The summed E-state index contributed by atoms with van der Waals surface area (Å²) in [4.78, 5) is 108. The van der Waals surface area contributed by atoms with Crippen LogP contribution in [0.15, 0.2) is 43.0 Å². The molecule has 1 aliphatic heterocycles. The van der Waals surface area contributed by atoms with E-state index in [1.54, 1.807) is 30.3 Å². The fourth-order valence-corrected chi connectivity index (χ4v) is 8.58. The summed E-state index contributed by atoms with van der Waals surface area (Å²) in [5, 5.41) is 25.8. The van der Waals surface area contributed by atoms with E-state index in [2.05, 4.69) is 43.5 Å². The minimum atomic E-state index is -5.93. The fraction of sp³-hybridized carbons (Fsp3) is 0.500. The highest BCUT2D eigenvalue weighted by molar-refractivity contribution is 8.13. The number of anilines is 1. The van der Waals surface area contributed by atoms with Gasteiger partial charge in [0, 0.05) is 36.2 Å². The van der Waals surface area contributed by atoms with Crippen molar-refractivity contribution in [2.75, 3.05) is 37.8 Å². The Morgan fingerprint density at radius 1 is 1.02 bits per heavy atom. The number of nitrogen functional groups attached to an aromatic ring is 1. The van der Waals surface area contributed by atoms with E-state index in [9.17, 15) is 62.7 Å². The van der Waals surface area contributed by atoms with E-state index >= 15 is 0 Å². The molecule has 0 bridgehead atoms. The van der Waals surface area contributed by atoms with E-state index in [0.717, 1.165) is 29.0 Å². The van der Waals surface area contributed by atoms with Gasteiger partial charge >= 0.3 is 0 Å². The maximum atomic E-state index is 12.6. The number of hydrogen-bond acceptors (Lipinski definition) is 23. The van der Waals surface area contributed by atoms with Crippen molar-refractivity contribution in [1.82, 2.24) is 30.2 Å². The Morgan fingerprint density at radius 2 is 1.69 bits per heavy atom. The molecule has 2 amide bonds. The van der Waals surface area contributed by atoms with Gasteiger partial charge in [-0.05, 0) is 0 Å². The van der Waals surface area contributed by atoms with Gasteiger partial charge in [-0.1, -0.05) is 55.9 Å². The summed E-state index contributed by atoms with van der Waals surface area (Å²) in [6, 6.07) is 8.26. The summed E-state index contributed by atoms with van der Waals surface area (Å²) >= 11 is 0.861. The highest BCUT2D eigenvalue weighted by atomic mass is 32.2. The second-order valence-corrected chi connectivity index (χ2v) is 18.4. The molecule has 25 nitrogen and oxygen atoms in total. The first-order valence-electron chi connectivity index (χ1n) is 17.0. The first kappa shape index (κ1) is 48.1. The summed E-state index contributed by atoms with van der Waals surface area (Å²) in [5.74, 6) is -1.82. The van der Waals surface area contributed by atoms with Crippen molar-refractivity contribution in [2.24, 2.45) is 5.41 Å². The van der Waals surface area contributed by atoms with Crippen LogP contribution in [0, 0.1) is 5.41 Å². The number of fused-ring (bicyclic) bond motifs is 1. The summed E-state index contributed by atoms with van der Waals surface area (Å²) in [6.07, 6.45) is -8.04. The van der Waals surface area contributed by atoms with Crippen LogP contribution in [0.25, 0.3) is 11.2 Å². The SMILES string of the molecule is CC(C)(COP(=O)([O-])OP(=O)([O-])OC[C@H]1O[C@@H](n2cnc3c(N)ncnc32)[C@H](O)[C@@H]1OP(=O)([O-])[O-])[C@@H](O)C(=O)NCCC(=O)NCCSC(=O)CC(=O)c1ccccc1. The lowest BCUT2D eigenvalue weighted by Gasteiger charge is -2.36. The van der Waals surface area contributed by atoms with Gasteiger partial charge in [0.2, 0.25) is 11.8 Å². The predicted molar refractivity (Wildman–Crippen MR) is 194 cm³/mol. The van der Waals surface area contributed by atoms with Crippen LogP contribution in [-0.4, -0.2) is 109 Å². The number of amides is 2. The van der Waals surface area contributed by atoms with E-state index < -0.39 is 84.6 Å². The number of thioether (sulfide) groups is 1. The number of aliphatic hydroxyl groups excluding tert-OH is 2. The number of Topliss-reactive ketones (excluding diaryl/α,β-unsaturated/α-hetero) is 1. The molecule has 2 unspecified atom stereocenters. The molecule has 1 aromatic carbocycles. The smallest absolute Gasteiger partial charge is 0.274 e. The quantitative estimate of drug-likeness (QED) is 0.0299. The second-order valence-electron chi connectivity index (χ2n) is 13.2. The molecule has 59 heavy (non-hydrogen) atoms. The average Bonchev–Trinajstić information content (AvgIpc) is 3.71. The zero-order valence-corrected chi connectivity index (χ0v) is 34.4. The third-order valence-electron chi connectivity index (χ3n) is 8.14. The fourth-order valence-electron chi connectivity index (χ4n) is 5.18. The maximum absolute atomic E-state index is 12.6. The van der Waals surface area contributed by atoms with Gasteiger partial charge in [-0.3, -0.25) is 32.9 Å². The molecule has 1 saturated heterocycles. The Labute approximate surface area is 338 Å². The molecular formula is C30H38N7O18P3S-4. The summed E-state index contributed by atoms with van der Waals surface area (Å²) in [5.41, 5.74) is 4.42. The molecule has 0 saturated carbocycles. The van der Waals surface area contributed by atoms with Gasteiger partial charge in [0.15, 0.2) is 28.6 Å². The van der Waals surface area contributed by atoms with E-state index in [1.165, 1.54) is 13.8 Å². The molecule has 1 aliphatic rings. The normalized spacial score (nSPS) is 21.0. The highest BCUT2D eigenvalue weighted by Gasteiger charge is 2.47. The molecule has 7 atom stereocenters. The van der Waals surface area contributed by atoms with Gasteiger partial charge in [-0.25, -0.2) is 19.3 Å². The average molecular weight is 910 g/mol. The Morgan fingerprint density at radius 3 is 2.37 bits per heavy atom. The molecular weight excluding hydrogens is 871 g/mol. The number of ether oxygens (including phenoxy) is 1. The third-order valence-corrected chi connectivity index (χ3v) is 12.0. The topological polar surface area (TPSA) is 392 Å². The van der Waals surface area contributed by atoms with E-state index in [0.29, 0.717) is 5.56 Å². The molecule has 6 N–H and O–H groups in total. The lowest BCUT2D eigenvalue weighted by molar-refractivity contribution is -0.347. The highest BCUT2D eigenvalue weighted by Crippen LogP contribution is 2.56. The summed E-state index contributed by atoms with van der Waals surface area (Å²) < 4.78 is 60.5. The molecule has 3 heterocycles. The zero-order chi connectivity index (χ0) is 43.8. The Kier molecular flexibility index (Phi) is 16.6. The van der Waals surface area contributed by atoms with E-state index in [-0.39, 0.29) is 59.6 Å². The molecule has 29 heteroatoms. The molecule has 0 aliphatic carbocycles. The molecule has 3 aromatic rings. The number of phosphoric ester groups is 3. The number of rotatable bonds is 22. The number of imidazole rings is 1. The number of carbonyl (C=O) groups excluding carboxylic acids is 4. The Hall–Kier alpha value is -3.55. The van der Waals surface area contributed by atoms with Crippen LogP contribution in [-0.2, 0) is 50.7 Å². The van der Waals surface area contributed by atoms with Gasteiger partial charge in [-0.15, -0.1) is 0 Å². The molecule has 326 valence electrons. The molecule has 0 radical (unpaired) electrons. The first-order chi connectivity index (χ1) is 27.5. The number of benzene rings is 1. The van der Waals surface area contributed by atoms with Crippen molar-refractivity contribution < 1.29 is 85.3 Å². The van der Waals surface area contributed by atoms with Crippen LogP contribution in [0.4, 0.5) is 5.82 Å². The number of nitrogens with zero attached hydrogens (tertiary/aromatic N) is 4. The van der Waals surface area contributed by atoms with Crippen LogP contribution in [0.3, 0.4) is 0 Å². The third kappa shape index (κ3) is 14.3. The molecule has 2 aromatic heterocycles. The van der Waals surface area contributed by atoms with Crippen molar-refractivity contribution in [3.8, 4) is 0 Å². The number of hydrogen-bond donors (Lipinski definition) is 5.